The minimum atomic E-state index is -1.72. The average molecular weight is 192 g/mol. The van der Waals surface area contributed by atoms with E-state index in [-0.39, 0.29) is 0 Å². The standard InChI is InChI=1S/C10H13BO3/c12-11(13)14-10-7-3-5-8-4-1-2-6-9(8)10/h3,5,7,12-13H,1-2,4,6H2. The second-order valence-corrected chi connectivity index (χ2v) is 3.55. The molecular weight excluding hydrogens is 179 g/mol. The Morgan fingerprint density at radius 3 is 2.71 bits per heavy atom. The molecule has 2 N–H and O–H groups in total. The molecule has 0 saturated heterocycles. The number of benzene rings is 1. The van der Waals surface area contributed by atoms with Crippen LogP contribution in [0.25, 0.3) is 0 Å². The molecule has 1 aliphatic rings. The molecule has 0 fully saturated rings. The summed E-state index contributed by atoms with van der Waals surface area (Å²) in [5, 5.41) is 17.5. The van der Waals surface area contributed by atoms with E-state index in [1.165, 1.54) is 12.0 Å². The molecule has 0 heterocycles. The molecule has 0 aromatic heterocycles. The predicted octanol–water partition coefficient (Wildman–Crippen LogP) is 0.914. The highest BCUT2D eigenvalue weighted by Crippen LogP contribution is 2.29. The van der Waals surface area contributed by atoms with Gasteiger partial charge in [0.2, 0.25) is 0 Å². The fourth-order valence-corrected chi connectivity index (χ4v) is 1.97. The second kappa shape index (κ2) is 4.03. The van der Waals surface area contributed by atoms with E-state index in [1.54, 1.807) is 6.07 Å². The van der Waals surface area contributed by atoms with Gasteiger partial charge in [-0.25, -0.2) is 0 Å². The van der Waals surface area contributed by atoms with Crippen molar-refractivity contribution in [2.45, 2.75) is 25.7 Å². The van der Waals surface area contributed by atoms with Crippen molar-refractivity contribution in [3.63, 3.8) is 0 Å². The molecule has 0 radical (unpaired) electrons. The lowest BCUT2D eigenvalue weighted by molar-refractivity contribution is 0.286. The van der Waals surface area contributed by atoms with Gasteiger partial charge >= 0.3 is 7.32 Å². The van der Waals surface area contributed by atoms with Gasteiger partial charge in [0.25, 0.3) is 0 Å². The van der Waals surface area contributed by atoms with Crippen molar-refractivity contribution in [1.82, 2.24) is 0 Å². The number of hydrogen-bond acceptors (Lipinski definition) is 3. The molecule has 1 aromatic carbocycles. The lowest BCUT2D eigenvalue weighted by atomic mass is 9.91. The van der Waals surface area contributed by atoms with Crippen LogP contribution in [0.4, 0.5) is 0 Å². The van der Waals surface area contributed by atoms with Crippen LogP contribution in [-0.4, -0.2) is 17.4 Å². The second-order valence-electron chi connectivity index (χ2n) is 3.55. The zero-order chi connectivity index (χ0) is 9.97. The van der Waals surface area contributed by atoms with E-state index >= 15 is 0 Å². The van der Waals surface area contributed by atoms with Gasteiger partial charge in [0.1, 0.15) is 5.75 Å². The van der Waals surface area contributed by atoms with Crippen LogP contribution in [0.15, 0.2) is 18.2 Å². The molecule has 0 unspecified atom stereocenters. The van der Waals surface area contributed by atoms with Crippen molar-refractivity contribution in [2.24, 2.45) is 0 Å². The first kappa shape index (κ1) is 9.56. The molecule has 14 heavy (non-hydrogen) atoms. The molecule has 0 atom stereocenters. The Kier molecular flexibility index (Phi) is 2.75. The lowest BCUT2D eigenvalue weighted by Gasteiger charge is -2.19. The quantitative estimate of drug-likeness (QED) is 0.684. The number of fused-ring (bicyclic) bond motifs is 1. The zero-order valence-electron chi connectivity index (χ0n) is 7.94. The van der Waals surface area contributed by atoms with E-state index < -0.39 is 7.32 Å². The van der Waals surface area contributed by atoms with Gasteiger partial charge in [-0.2, -0.15) is 0 Å². The molecule has 0 amide bonds. The van der Waals surface area contributed by atoms with E-state index in [0.717, 1.165) is 24.8 Å². The summed E-state index contributed by atoms with van der Waals surface area (Å²) >= 11 is 0. The molecule has 3 nitrogen and oxygen atoms in total. The molecule has 0 aliphatic heterocycles. The van der Waals surface area contributed by atoms with Gasteiger partial charge in [0, 0.05) is 0 Å². The highest BCUT2D eigenvalue weighted by atomic mass is 16.6. The van der Waals surface area contributed by atoms with Crippen LogP contribution in [0.3, 0.4) is 0 Å². The fourth-order valence-electron chi connectivity index (χ4n) is 1.97. The smallest absolute Gasteiger partial charge is 0.512 e. The fraction of sp³-hybridized carbons (Fsp3) is 0.400. The maximum Gasteiger partial charge on any atom is 0.707 e. The van der Waals surface area contributed by atoms with Crippen molar-refractivity contribution in [3.05, 3.63) is 29.3 Å². The van der Waals surface area contributed by atoms with Gasteiger partial charge in [-0.05, 0) is 42.9 Å². The van der Waals surface area contributed by atoms with E-state index in [2.05, 4.69) is 6.07 Å². The first-order chi connectivity index (χ1) is 6.77. The third-order valence-electron chi connectivity index (χ3n) is 2.59. The van der Waals surface area contributed by atoms with E-state index in [1.807, 2.05) is 6.07 Å². The van der Waals surface area contributed by atoms with Gasteiger partial charge in [-0.1, -0.05) is 12.1 Å². The summed E-state index contributed by atoms with van der Waals surface area (Å²) in [6, 6.07) is 5.75. The minimum Gasteiger partial charge on any atom is -0.512 e. The van der Waals surface area contributed by atoms with E-state index in [0.29, 0.717) is 5.75 Å². The molecule has 74 valence electrons. The Morgan fingerprint density at radius 1 is 1.14 bits per heavy atom. The molecule has 0 saturated carbocycles. The highest BCUT2D eigenvalue weighted by Gasteiger charge is 2.18. The van der Waals surface area contributed by atoms with Crippen LogP contribution in [0.5, 0.6) is 5.75 Å². The highest BCUT2D eigenvalue weighted by molar-refractivity contribution is 6.33. The van der Waals surface area contributed by atoms with Crippen LogP contribution in [-0.2, 0) is 12.8 Å². The third-order valence-corrected chi connectivity index (χ3v) is 2.59. The van der Waals surface area contributed by atoms with Crippen molar-refractivity contribution < 1.29 is 14.7 Å². The summed E-state index contributed by atoms with van der Waals surface area (Å²) in [7, 11) is -1.72. The largest absolute Gasteiger partial charge is 0.707 e. The van der Waals surface area contributed by atoms with Gasteiger partial charge in [0.15, 0.2) is 0 Å². The Labute approximate surface area is 83.5 Å². The van der Waals surface area contributed by atoms with E-state index in [9.17, 15) is 0 Å². The van der Waals surface area contributed by atoms with Crippen LogP contribution in [0.1, 0.15) is 24.0 Å². The molecule has 4 heteroatoms. The Hall–Kier alpha value is -0.995. The van der Waals surface area contributed by atoms with Crippen LogP contribution in [0, 0.1) is 0 Å². The summed E-state index contributed by atoms with van der Waals surface area (Å²) in [6.07, 6.45) is 4.39. The van der Waals surface area contributed by atoms with Crippen molar-refractivity contribution in [3.8, 4) is 5.75 Å². The van der Waals surface area contributed by atoms with Gasteiger partial charge < -0.3 is 14.7 Å². The molecule has 0 spiro atoms. The summed E-state index contributed by atoms with van der Waals surface area (Å²) in [5.41, 5.74) is 2.40. The van der Waals surface area contributed by atoms with Crippen LogP contribution in [0.2, 0.25) is 0 Å². The monoisotopic (exact) mass is 192 g/mol. The topological polar surface area (TPSA) is 49.7 Å². The molecular formula is C10H13BO3. The van der Waals surface area contributed by atoms with Crippen molar-refractivity contribution in [1.29, 1.82) is 0 Å². The summed E-state index contributed by atoms with van der Waals surface area (Å²) in [5.74, 6) is 0.609. The van der Waals surface area contributed by atoms with Gasteiger partial charge in [0.05, 0.1) is 0 Å². The lowest BCUT2D eigenvalue weighted by Crippen LogP contribution is -2.22. The first-order valence-corrected chi connectivity index (χ1v) is 4.91. The normalized spacial score (nSPS) is 14.7. The third kappa shape index (κ3) is 1.91. The van der Waals surface area contributed by atoms with Crippen molar-refractivity contribution >= 4 is 7.32 Å². The molecule has 1 aromatic rings. The van der Waals surface area contributed by atoms with E-state index in [4.69, 9.17) is 14.7 Å². The van der Waals surface area contributed by atoms with Gasteiger partial charge in [-0.3, -0.25) is 0 Å². The number of aryl methyl sites for hydroxylation is 1. The Bertz CT molecular complexity index is 325. The summed E-state index contributed by atoms with van der Waals surface area (Å²) in [4.78, 5) is 0. The molecule has 1 aliphatic carbocycles. The molecule has 0 bridgehead atoms. The zero-order valence-corrected chi connectivity index (χ0v) is 7.94. The maximum absolute atomic E-state index is 8.74. The maximum atomic E-state index is 8.74. The number of hydrogen-bond donors (Lipinski definition) is 2. The van der Waals surface area contributed by atoms with Crippen LogP contribution >= 0.6 is 0 Å². The Balaban J connectivity index is 2.30. The summed E-state index contributed by atoms with van der Waals surface area (Å²) in [6.45, 7) is 0. The number of rotatable bonds is 2. The minimum absolute atomic E-state index is 0.609. The Morgan fingerprint density at radius 2 is 1.93 bits per heavy atom. The first-order valence-electron chi connectivity index (χ1n) is 4.91. The van der Waals surface area contributed by atoms with Crippen LogP contribution < -0.4 is 4.65 Å². The molecule has 2 rings (SSSR count). The van der Waals surface area contributed by atoms with Gasteiger partial charge in [-0.15, -0.1) is 0 Å². The SMILES string of the molecule is OB(O)Oc1cccc2c1CCCC2. The average Bonchev–Trinajstić information content (AvgIpc) is 2.18. The predicted molar refractivity (Wildman–Crippen MR) is 53.9 cm³/mol. The summed E-state index contributed by atoms with van der Waals surface area (Å²) < 4.78 is 4.92. The van der Waals surface area contributed by atoms with Crippen molar-refractivity contribution in [2.75, 3.05) is 0 Å².